The smallest absolute Gasteiger partial charge is 0.112 e. The molecule has 0 saturated heterocycles. The predicted octanol–water partition coefficient (Wildman–Crippen LogP) is 4.46. The molecule has 0 N–H and O–H groups in total. The lowest BCUT2D eigenvalue weighted by molar-refractivity contribution is 0.236. The summed E-state index contributed by atoms with van der Waals surface area (Å²) in [5.41, 5.74) is 1.20. The molecule has 0 radical (unpaired) electrons. The zero-order valence-corrected chi connectivity index (χ0v) is 9.93. The molecule has 0 unspecified atom stereocenters. The summed E-state index contributed by atoms with van der Waals surface area (Å²) in [6.45, 7) is 2.84. The van der Waals surface area contributed by atoms with Gasteiger partial charge in [-0.05, 0) is 18.1 Å². The van der Waals surface area contributed by atoms with E-state index < -0.39 is 0 Å². The molecule has 0 atom stereocenters. The van der Waals surface area contributed by atoms with Crippen LogP contribution >= 0.6 is 0 Å². The van der Waals surface area contributed by atoms with Gasteiger partial charge in [-0.15, -0.1) is 0 Å². The lowest BCUT2D eigenvalue weighted by Crippen LogP contribution is -1.84. The molecular weight excluding hydrogens is 196 g/mol. The minimum atomic E-state index is 0.639. The molecular formula is C15H20O. The zero-order chi connectivity index (χ0) is 11.5. The monoisotopic (exact) mass is 216 g/mol. The van der Waals surface area contributed by atoms with Gasteiger partial charge in [0.25, 0.3) is 0 Å². The third kappa shape index (κ3) is 6.07. The quantitative estimate of drug-likeness (QED) is 0.371. The van der Waals surface area contributed by atoms with Crippen molar-refractivity contribution in [1.29, 1.82) is 0 Å². The normalized spacial score (nSPS) is 11.3. The third-order valence-electron chi connectivity index (χ3n) is 2.24. The van der Waals surface area contributed by atoms with E-state index in [-0.39, 0.29) is 0 Å². The number of hydrogen-bond acceptors (Lipinski definition) is 1. The zero-order valence-electron chi connectivity index (χ0n) is 9.93. The van der Waals surface area contributed by atoms with E-state index in [1.165, 1.54) is 18.4 Å². The molecule has 0 aliphatic heterocycles. The Labute approximate surface area is 98.5 Å². The van der Waals surface area contributed by atoms with Gasteiger partial charge in [-0.1, -0.05) is 62.2 Å². The molecule has 0 bridgehead atoms. The minimum absolute atomic E-state index is 0.639. The van der Waals surface area contributed by atoms with Crippen molar-refractivity contribution < 1.29 is 4.74 Å². The maximum atomic E-state index is 5.39. The first kappa shape index (κ1) is 12.6. The fourth-order valence-corrected chi connectivity index (χ4v) is 1.32. The van der Waals surface area contributed by atoms with Crippen LogP contribution in [0.5, 0.6) is 0 Å². The van der Waals surface area contributed by atoms with E-state index in [4.69, 9.17) is 4.74 Å². The van der Waals surface area contributed by atoms with Gasteiger partial charge in [0.1, 0.15) is 6.61 Å². The molecule has 0 aliphatic carbocycles. The molecule has 1 aromatic carbocycles. The summed E-state index contributed by atoms with van der Waals surface area (Å²) in [4.78, 5) is 0. The first-order valence-electron chi connectivity index (χ1n) is 5.90. The highest BCUT2D eigenvalue weighted by molar-refractivity contribution is 5.13. The van der Waals surface area contributed by atoms with Crippen molar-refractivity contribution in [1.82, 2.24) is 0 Å². The third-order valence-corrected chi connectivity index (χ3v) is 2.24. The van der Waals surface area contributed by atoms with Crippen molar-refractivity contribution in [2.75, 3.05) is 0 Å². The molecule has 0 amide bonds. The van der Waals surface area contributed by atoms with Crippen LogP contribution in [0.3, 0.4) is 0 Å². The average molecular weight is 216 g/mol. The van der Waals surface area contributed by atoms with Crippen LogP contribution < -0.4 is 0 Å². The summed E-state index contributed by atoms with van der Waals surface area (Å²) in [6, 6.07) is 10.2. The predicted molar refractivity (Wildman–Crippen MR) is 69.0 cm³/mol. The van der Waals surface area contributed by atoms with Crippen molar-refractivity contribution in [2.24, 2.45) is 0 Å². The van der Waals surface area contributed by atoms with Crippen molar-refractivity contribution >= 4 is 0 Å². The molecule has 0 aliphatic rings. The second-order valence-corrected chi connectivity index (χ2v) is 3.70. The molecule has 1 nitrogen and oxygen atoms in total. The van der Waals surface area contributed by atoms with E-state index >= 15 is 0 Å². The van der Waals surface area contributed by atoms with Gasteiger partial charge in [0, 0.05) is 0 Å². The Morgan fingerprint density at radius 2 is 1.94 bits per heavy atom. The highest BCUT2D eigenvalue weighted by atomic mass is 16.5. The van der Waals surface area contributed by atoms with Crippen molar-refractivity contribution in [2.45, 2.75) is 32.8 Å². The van der Waals surface area contributed by atoms with E-state index in [0.717, 1.165) is 6.42 Å². The number of hydrogen-bond donors (Lipinski definition) is 0. The van der Waals surface area contributed by atoms with Gasteiger partial charge in [0.2, 0.25) is 0 Å². The molecule has 0 fully saturated rings. The van der Waals surface area contributed by atoms with Crippen molar-refractivity contribution in [3.63, 3.8) is 0 Å². The second-order valence-electron chi connectivity index (χ2n) is 3.70. The van der Waals surface area contributed by atoms with Gasteiger partial charge < -0.3 is 4.74 Å². The minimum Gasteiger partial charge on any atom is -0.497 e. The van der Waals surface area contributed by atoms with Crippen LogP contribution in [0, 0.1) is 0 Å². The van der Waals surface area contributed by atoms with Gasteiger partial charge in [0.05, 0.1) is 6.26 Å². The summed E-state index contributed by atoms with van der Waals surface area (Å²) in [5, 5.41) is 0. The highest BCUT2D eigenvalue weighted by Gasteiger charge is 1.86. The summed E-state index contributed by atoms with van der Waals surface area (Å²) in [6.07, 6.45) is 11.6. The van der Waals surface area contributed by atoms with E-state index in [0.29, 0.717) is 6.61 Å². The number of ether oxygens (including phenoxy) is 1. The molecule has 1 heteroatoms. The first-order chi connectivity index (χ1) is 7.93. The Hall–Kier alpha value is -1.50. The molecule has 1 aromatic rings. The lowest BCUT2D eigenvalue weighted by atomic mass is 10.2. The fourth-order valence-electron chi connectivity index (χ4n) is 1.32. The molecule has 0 aromatic heterocycles. The molecule has 1 rings (SSSR count). The number of rotatable bonds is 7. The van der Waals surface area contributed by atoms with Crippen molar-refractivity contribution in [3.8, 4) is 0 Å². The first-order valence-corrected chi connectivity index (χ1v) is 5.90. The van der Waals surface area contributed by atoms with E-state index in [1.807, 2.05) is 30.4 Å². The van der Waals surface area contributed by atoms with E-state index in [9.17, 15) is 0 Å². The van der Waals surface area contributed by atoms with Crippen LogP contribution in [0.15, 0.2) is 54.8 Å². The average Bonchev–Trinajstić information content (AvgIpc) is 2.34. The fraction of sp³-hybridized carbons (Fsp3) is 0.333. The van der Waals surface area contributed by atoms with Gasteiger partial charge in [-0.3, -0.25) is 0 Å². The van der Waals surface area contributed by atoms with Crippen LogP contribution in [-0.2, 0) is 11.3 Å². The van der Waals surface area contributed by atoms with Crippen LogP contribution in [0.2, 0.25) is 0 Å². The van der Waals surface area contributed by atoms with Crippen LogP contribution in [0.25, 0.3) is 0 Å². The number of benzene rings is 1. The van der Waals surface area contributed by atoms with Gasteiger partial charge in [-0.25, -0.2) is 0 Å². The molecule has 86 valence electrons. The van der Waals surface area contributed by atoms with E-state index in [2.05, 4.69) is 25.1 Å². The Morgan fingerprint density at radius 1 is 1.12 bits per heavy atom. The summed E-state index contributed by atoms with van der Waals surface area (Å²) >= 11 is 0. The lowest BCUT2D eigenvalue weighted by Gasteiger charge is -1.99. The van der Waals surface area contributed by atoms with Gasteiger partial charge in [-0.2, -0.15) is 0 Å². The molecule has 16 heavy (non-hydrogen) atoms. The van der Waals surface area contributed by atoms with Crippen LogP contribution in [-0.4, -0.2) is 0 Å². The molecule has 0 spiro atoms. The molecule has 0 saturated carbocycles. The van der Waals surface area contributed by atoms with Crippen LogP contribution in [0.1, 0.15) is 31.7 Å². The summed E-state index contributed by atoms with van der Waals surface area (Å²) in [5.74, 6) is 0. The SMILES string of the molecule is CCCC/C=C\C=C\OCc1ccccc1. The Balaban J connectivity index is 2.11. The maximum Gasteiger partial charge on any atom is 0.112 e. The maximum absolute atomic E-state index is 5.39. The largest absolute Gasteiger partial charge is 0.497 e. The Bertz CT molecular complexity index is 311. The summed E-state index contributed by atoms with van der Waals surface area (Å²) < 4.78 is 5.39. The second kappa shape index (κ2) is 8.78. The standard InChI is InChI=1S/C15H20O/c1-2-3-4-5-6-10-13-16-14-15-11-8-7-9-12-15/h5-13H,2-4,14H2,1H3/b6-5-,13-10+. The highest BCUT2D eigenvalue weighted by Crippen LogP contribution is 2.00. The van der Waals surface area contributed by atoms with Crippen LogP contribution in [0.4, 0.5) is 0 Å². The van der Waals surface area contributed by atoms with Gasteiger partial charge >= 0.3 is 0 Å². The Morgan fingerprint density at radius 3 is 2.69 bits per heavy atom. The Kier molecular flexibility index (Phi) is 6.90. The molecule has 0 heterocycles. The summed E-state index contributed by atoms with van der Waals surface area (Å²) in [7, 11) is 0. The number of unbranched alkanes of at least 4 members (excludes halogenated alkanes) is 2. The topological polar surface area (TPSA) is 9.23 Å². The van der Waals surface area contributed by atoms with Crippen molar-refractivity contribution in [3.05, 3.63) is 60.4 Å². The number of allylic oxidation sites excluding steroid dienone is 3. The van der Waals surface area contributed by atoms with E-state index in [1.54, 1.807) is 6.26 Å². The van der Waals surface area contributed by atoms with Gasteiger partial charge in [0.15, 0.2) is 0 Å².